The Morgan fingerprint density at radius 3 is 1.50 bits per heavy atom. The Hall–Kier alpha value is -0.440. The highest BCUT2D eigenvalue weighted by molar-refractivity contribution is 6.32. The predicted octanol–water partition coefficient (Wildman–Crippen LogP) is 4.37. The molecule has 0 fully saturated rings. The van der Waals surface area contributed by atoms with Crippen LogP contribution in [-0.2, 0) is 4.74 Å². The van der Waals surface area contributed by atoms with Gasteiger partial charge in [-0.15, -0.1) is 0 Å². The molecule has 0 aromatic heterocycles. The van der Waals surface area contributed by atoms with Gasteiger partial charge in [-0.3, -0.25) is 0 Å². The van der Waals surface area contributed by atoms with Gasteiger partial charge in [0.15, 0.2) is 0 Å². The van der Waals surface area contributed by atoms with E-state index in [1.165, 1.54) is 0 Å². The van der Waals surface area contributed by atoms with Crippen molar-refractivity contribution in [1.29, 1.82) is 0 Å². The second kappa shape index (κ2) is 4.44. The van der Waals surface area contributed by atoms with Crippen LogP contribution in [0.2, 0.25) is 0 Å². The molecule has 0 saturated heterocycles. The second-order valence-electron chi connectivity index (χ2n) is 2.23. The van der Waals surface area contributed by atoms with E-state index in [1.807, 2.05) is 0 Å². The summed E-state index contributed by atoms with van der Waals surface area (Å²) in [6, 6.07) is -3.26. The maximum atomic E-state index is 12.6. The van der Waals surface area contributed by atoms with Crippen molar-refractivity contribution in [3.05, 3.63) is 12.1 Å². The standard InChI is InChI=1S/C5Cl2F8O/c6-3(11,4(7,12)13)5(14,15)16-2(10)1(8)9. The SMILES string of the molecule is FC(F)=C(F)OC(F)(F)C(F)(Cl)C(F)(F)Cl. The van der Waals surface area contributed by atoms with Gasteiger partial charge < -0.3 is 4.74 Å². The molecule has 16 heavy (non-hydrogen) atoms. The van der Waals surface area contributed by atoms with Crippen molar-refractivity contribution in [3.63, 3.8) is 0 Å². The van der Waals surface area contributed by atoms with Gasteiger partial charge in [0.25, 0.3) is 0 Å². The molecule has 0 rings (SSSR count). The number of ether oxygens (including phenoxy) is 1. The molecular weight excluding hydrogens is 299 g/mol. The molecule has 0 saturated carbocycles. The Bertz CT molecular complexity index is 291. The average Bonchev–Trinajstić information content (AvgIpc) is 2.00. The maximum Gasteiger partial charge on any atom is 0.457 e. The summed E-state index contributed by atoms with van der Waals surface area (Å²) >= 11 is 7.84. The van der Waals surface area contributed by atoms with Crippen LogP contribution in [-0.4, -0.2) is 16.6 Å². The fourth-order valence-electron chi connectivity index (χ4n) is 0.380. The molecule has 0 aliphatic carbocycles. The number of hydrogen-bond donors (Lipinski definition) is 0. The lowest BCUT2D eigenvalue weighted by atomic mass is 10.3. The van der Waals surface area contributed by atoms with Crippen LogP contribution in [0, 0.1) is 0 Å². The van der Waals surface area contributed by atoms with Crippen LogP contribution in [0.3, 0.4) is 0 Å². The molecule has 1 unspecified atom stereocenters. The van der Waals surface area contributed by atoms with Crippen molar-refractivity contribution in [2.75, 3.05) is 0 Å². The van der Waals surface area contributed by atoms with Crippen LogP contribution in [0.5, 0.6) is 0 Å². The minimum absolute atomic E-state index is 2.35. The first-order valence-electron chi connectivity index (χ1n) is 3.05. The molecule has 0 heterocycles. The van der Waals surface area contributed by atoms with Gasteiger partial charge in [-0.2, -0.15) is 30.7 Å². The van der Waals surface area contributed by atoms with E-state index in [1.54, 1.807) is 0 Å². The van der Waals surface area contributed by atoms with Crippen molar-refractivity contribution in [1.82, 2.24) is 0 Å². The molecule has 0 bridgehead atoms. The number of halogens is 10. The lowest BCUT2D eigenvalue weighted by Gasteiger charge is -2.29. The minimum Gasteiger partial charge on any atom is -0.399 e. The van der Waals surface area contributed by atoms with Gasteiger partial charge in [-0.1, -0.05) is 11.6 Å². The first kappa shape index (κ1) is 15.6. The number of rotatable bonds is 4. The van der Waals surface area contributed by atoms with Crippen molar-refractivity contribution in [2.24, 2.45) is 0 Å². The number of hydrogen-bond acceptors (Lipinski definition) is 1. The fraction of sp³-hybridized carbons (Fsp3) is 0.600. The molecular formula is C5Cl2F8O. The van der Waals surface area contributed by atoms with Crippen molar-refractivity contribution in [2.45, 2.75) is 16.6 Å². The average molecular weight is 299 g/mol. The van der Waals surface area contributed by atoms with Crippen molar-refractivity contribution >= 4 is 23.2 Å². The molecule has 1 atom stereocenters. The van der Waals surface area contributed by atoms with Gasteiger partial charge in [-0.05, 0) is 11.6 Å². The van der Waals surface area contributed by atoms with E-state index >= 15 is 0 Å². The summed E-state index contributed by atoms with van der Waals surface area (Å²) < 4.78 is 98.2. The van der Waals surface area contributed by atoms with E-state index in [0.29, 0.717) is 0 Å². The van der Waals surface area contributed by atoms with E-state index in [9.17, 15) is 35.1 Å². The Kier molecular flexibility index (Phi) is 4.32. The summed E-state index contributed by atoms with van der Waals surface area (Å²) in [7, 11) is 0. The van der Waals surface area contributed by atoms with Crippen molar-refractivity contribution in [3.8, 4) is 0 Å². The van der Waals surface area contributed by atoms with Crippen LogP contribution >= 0.6 is 23.2 Å². The topological polar surface area (TPSA) is 9.23 Å². The Morgan fingerprint density at radius 2 is 1.25 bits per heavy atom. The molecule has 0 spiro atoms. The van der Waals surface area contributed by atoms with E-state index in [0.717, 1.165) is 0 Å². The zero-order valence-electron chi connectivity index (χ0n) is 6.69. The summed E-state index contributed by atoms with van der Waals surface area (Å²) in [5.41, 5.74) is 0. The lowest BCUT2D eigenvalue weighted by Crippen LogP contribution is -2.51. The quantitative estimate of drug-likeness (QED) is 0.425. The molecule has 0 aromatic carbocycles. The zero-order chi connectivity index (χ0) is 13.4. The molecule has 11 heteroatoms. The van der Waals surface area contributed by atoms with E-state index in [4.69, 9.17) is 0 Å². The first-order valence-corrected chi connectivity index (χ1v) is 3.80. The summed E-state index contributed by atoms with van der Waals surface area (Å²) in [5, 5.41) is -10.8. The lowest BCUT2D eigenvalue weighted by molar-refractivity contribution is -0.306. The van der Waals surface area contributed by atoms with Gasteiger partial charge in [0.2, 0.25) is 0 Å². The van der Waals surface area contributed by atoms with Crippen LogP contribution in [0.1, 0.15) is 0 Å². The summed E-state index contributed by atoms with van der Waals surface area (Å²) in [6.07, 6.45) is -9.22. The second-order valence-corrected chi connectivity index (χ2v) is 3.22. The Labute approximate surface area is 92.6 Å². The minimum atomic E-state index is -5.81. The molecule has 0 aromatic rings. The molecule has 96 valence electrons. The summed E-state index contributed by atoms with van der Waals surface area (Å²) in [5.74, 6) is 0. The summed E-state index contributed by atoms with van der Waals surface area (Å²) in [6.45, 7) is 0. The highest BCUT2D eigenvalue weighted by atomic mass is 35.5. The van der Waals surface area contributed by atoms with Crippen LogP contribution in [0.4, 0.5) is 35.1 Å². The fourth-order valence-corrected chi connectivity index (χ4v) is 0.529. The molecule has 1 nitrogen and oxygen atoms in total. The highest BCUT2D eigenvalue weighted by Crippen LogP contribution is 2.51. The van der Waals surface area contributed by atoms with Crippen LogP contribution in [0.15, 0.2) is 12.1 Å². The molecule has 0 N–H and O–H groups in total. The van der Waals surface area contributed by atoms with Gasteiger partial charge in [0, 0.05) is 0 Å². The molecule has 0 aliphatic heterocycles. The molecule has 0 aliphatic rings. The maximum absolute atomic E-state index is 12.6. The monoisotopic (exact) mass is 298 g/mol. The van der Waals surface area contributed by atoms with Gasteiger partial charge >= 0.3 is 28.7 Å². The molecule has 0 radical (unpaired) electrons. The first-order chi connectivity index (χ1) is 6.83. The van der Waals surface area contributed by atoms with Gasteiger partial charge in [-0.25, -0.2) is 4.39 Å². The van der Waals surface area contributed by atoms with E-state index in [-0.39, 0.29) is 0 Å². The smallest absolute Gasteiger partial charge is 0.399 e. The van der Waals surface area contributed by atoms with Gasteiger partial charge in [0.05, 0.1) is 0 Å². The third-order valence-corrected chi connectivity index (χ3v) is 1.90. The molecule has 0 amide bonds. The van der Waals surface area contributed by atoms with E-state index < -0.39 is 28.7 Å². The third kappa shape index (κ3) is 3.03. The number of alkyl halides is 7. The highest BCUT2D eigenvalue weighted by Gasteiger charge is 2.72. The van der Waals surface area contributed by atoms with Gasteiger partial charge in [0.1, 0.15) is 0 Å². The largest absolute Gasteiger partial charge is 0.457 e. The Morgan fingerprint density at radius 1 is 0.875 bits per heavy atom. The summed E-state index contributed by atoms with van der Waals surface area (Å²) in [4.78, 5) is 0. The van der Waals surface area contributed by atoms with Crippen LogP contribution < -0.4 is 0 Å². The third-order valence-electron chi connectivity index (χ3n) is 1.09. The Balaban J connectivity index is 5.15. The van der Waals surface area contributed by atoms with Crippen molar-refractivity contribution < 1.29 is 39.9 Å². The predicted molar refractivity (Wildman–Crippen MR) is 36.9 cm³/mol. The zero-order valence-corrected chi connectivity index (χ0v) is 8.20. The normalized spacial score (nSPS) is 16.6. The van der Waals surface area contributed by atoms with E-state index in [2.05, 4.69) is 27.9 Å². The van der Waals surface area contributed by atoms with Crippen LogP contribution in [0.25, 0.3) is 0 Å².